The number of aromatic nitrogens is 1. The van der Waals surface area contributed by atoms with Crippen molar-refractivity contribution in [2.45, 2.75) is 13.3 Å². The first-order valence-corrected chi connectivity index (χ1v) is 11.0. The minimum atomic E-state index is -0.544. The summed E-state index contributed by atoms with van der Waals surface area (Å²) in [4.78, 5) is 41.7. The Hall–Kier alpha value is -4.24. The molecule has 0 aliphatic heterocycles. The highest BCUT2D eigenvalue weighted by Crippen LogP contribution is 2.25. The molecule has 3 aromatic rings. The van der Waals surface area contributed by atoms with Crippen LogP contribution in [0.5, 0.6) is 5.75 Å². The Morgan fingerprint density at radius 2 is 1.77 bits per heavy atom. The summed E-state index contributed by atoms with van der Waals surface area (Å²) in [5, 5.41) is 10.6. The molecule has 0 unspecified atom stereocenters. The van der Waals surface area contributed by atoms with Crippen LogP contribution < -0.4 is 15.8 Å². The lowest BCUT2D eigenvalue weighted by atomic mass is 10.0. The van der Waals surface area contributed by atoms with Crippen molar-refractivity contribution in [2.24, 2.45) is 5.73 Å². The third kappa shape index (κ3) is 7.12. The molecule has 0 atom stereocenters. The fraction of sp³-hybridized carbons (Fsp3) is 0.160. The first-order chi connectivity index (χ1) is 16.8. The number of nitrogens with zero attached hydrogens (tertiary/aromatic N) is 1. The molecule has 0 saturated heterocycles. The van der Waals surface area contributed by atoms with Crippen molar-refractivity contribution in [3.63, 3.8) is 0 Å². The van der Waals surface area contributed by atoms with Crippen molar-refractivity contribution in [3.05, 3.63) is 88.2 Å². The Morgan fingerprint density at radius 1 is 1.06 bits per heavy atom. The number of halogens is 1. The molecule has 0 aliphatic carbocycles. The Bertz CT molecular complexity index is 1240. The van der Waals surface area contributed by atoms with Gasteiger partial charge in [0.05, 0.1) is 23.7 Å². The number of benzene rings is 2. The van der Waals surface area contributed by atoms with Gasteiger partial charge in [0, 0.05) is 28.6 Å². The van der Waals surface area contributed by atoms with E-state index in [-0.39, 0.29) is 48.3 Å². The maximum atomic E-state index is 13.1. The summed E-state index contributed by atoms with van der Waals surface area (Å²) in [6.07, 6.45) is 1.39. The van der Waals surface area contributed by atoms with E-state index in [1.54, 1.807) is 31.2 Å². The van der Waals surface area contributed by atoms with E-state index in [0.29, 0.717) is 21.8 Å². The van der Waals surface area contributed by atoms with E-state index >= 15 is 0 Å². The van der Waals surface area contributed by atoms with Crippen LogP contribution in [0.25, 0.3) is 0 Å². The van der Waals surface area contributed by atoms with E-state index in [0.717, 1.165) is 0 Å². The third-order valence-electron chi connectivity index (χ3n) is 4.79. The van der Waals surface area contributed by atoms with Crippen molar-refractivity contribution < 1.29 is 23.9 Å². The molecule has 0 spiro atoms. The molecule has 2 aromatic carbocycles. The van der Waals surface area contributed by atoms with Gasteiger partial charge >= 0.3 is 5.97 Å². The monoisotopic (exact) mass is 494 g/mol. The summed E-state index contributed by atoms with van der Waals surface area (Å²) >= 11 is 5.87. The number of anilines is 1. The van der Waals surface area contributed by atoms with Crippen LogP contribution in [0.15, 0.2) is 60.8 Å². The normalized spacial score (nSPS) is 10.3. The number of amidine groups is 1. The van der Waals surface area contributed by atoms with Crippen molar-refractivity contribution in [2.75, 3.05) is 18.5 Å². The molecule has 180 valence electrons. The van der Waals surface area contributed by atoms with Crippen LogP contribution in [0.1, 0.15) is 38.9 Å². The molecule has 4 N–H and O–H groups in total. The van der Waals surface area contributed by atoms with Crippen LogP contribution in [-0.2, 0) is 16.0 Å². The number of hydrogen-bond acceptors (Lipinski definition) is 7. The van der Waals surface area contributed by atoms with E-state index in [1.807, 2.05) is 0 Å². The number of esters is 1. The molecule has 10 heteroatoms. The number of pyridine rings is 1. The maximum absolute atomic E-state index is 13.1. The van der Waals surface area contributed by atoms with Gasteiger partial charge < -0.3 is 20.5 Å². The van der Waals surface area contributed by atoms with Gasteiger partial charge in [-0.05, 0) is 49.4 Å². The molecule has 0 fully saturated rings. The standard InChI is InChI=1S/C25H23ClN4O5/c1-2-34-23(32)14-35-19-9-10-21(30-25(33)16-5-3-15(4-6-16)24(27)28)20(12-19)22(31)11-18-8-7-17(26)13-29-18/h3-10,12-13H,2,11,14H2,1H3,(H3,27,28)(H,30,33). The van der Waals surface area contributed by atoms with Gasteiger partial charge in [-0.25, -0.2) is 4.79 Å². The van der Waals surface area contributed by atoms with Crippen LogP contribution >= 0.6 is 11.6 Å². The molecule has 1 amide bonds. The van der Waals surface area contributed by atoms with Crippen LogP contribution in [0.2, 0.25) is 5.02 Å². The Morgan fingerprint density at radius 3 is 2.40 bits per heavy atom. The molecule has 1 heterocycles. The average molecular weight is 495 g/mol. The number of rotatable bonds is 10. The first kappa shape index (κ1) is 25.4. The molecular formula is C25H23ClN4O5. The predicted octanol–water partition coefficient (Wildman–Crippen LogP) is 3.64. The van der Waals surface area contributed by atoms with Gasteiger partial charge in [0.15, 0.2) is 12.4 Å². The smallest absolute Gasteiger partial charge is 0.344 e. The average Bonchev–Trinajstić information content (AvgIpc) is 2.85. The highest BCUT2D eigenvalue weighted by Gasteiger charge is 2.18. The van der Waals surface area contributed by atoms with Crippen molar-refractivity contribution >= 4 is 40.8 Å². The zero-order chi connectivity index (χ0) is 25.4. The summed E-state index contributed by atoms with van der Waals surface area (Å²) in [6, 6.07) is 13.9. The van der Waals surface area contributed by atoms with Crippen LogP contribution in [0.4, 0.5) is 5.69 Å². The molecule has 35 heavy (non-hydrogen) atoms. The van der Waals surface area contributed by atoms with Gasteiger partial charge in [-0.2, -0.15) is 0 Å². The Labute approximate surface area is 206 Å². The predicted molar refractivity (Wildman–Crippen MR) is 131 cm³/mol. The van der Waals surface area contributed by atoms with Gasteiger partial charge in [-0.1, -0.05) is 23.7 Å². The zero-order valence-corrected chi connectivity index (χ0v) is 19.6. The summed E-state index contributed by atoms with van der Waals surface area (Å²) in [6.45, 7) is 1.58. The number of ketones is 1. The maximum Gasteiger partial charge on any atom is 0.344 e. The molecule has 0 bridgehead atoms. The summed E-state index contributed by atoms with van der Waals surface area (Å²) in [5.74, 6) is -1.19. The van der Waals surface area contributed by atoms with E-state index in [4.69, 9.17) is 32.2 Å². The van der Waals surface area contributed by atoms with Crippen molar-refractivity contribution in [1.82, 2.24) is 4.98 Å². The second-order valence-electron chi connectivity index (χ2n) is 7.31. The number of hydrogen-bond donors (Lipinski definition) is 3. The largest absolute Gasteiger partial charge is 0.482 e. The lowest BCUT2D eigenvalue weighted by Crippen LogP contribution is -2.17. The van der Waals surface area contributed by atoms with Crippen LogP contribution in [0.3, 0.4) is 0 Å². The minimum Gasteiger partial charge on any atom is -0.482 e. The molecular weight excluding hydrogens is 472 g/mol. The van der Waals surface area contributed by atoms with Gasteiger partial charge in [0.1, 0.15) is 11.6 Å². The van der Waals surface area contributed by atoms with E-state index in [2.05, 4.69) is 10.3 Å². The zero-order valence-electron chi connectivity index (χ0n) is 18.8. The molecule has 0 saturated carbocycles. The highest BCUT2D eigenvalue weighted by molar-refractivity contribution is 6.30. The molecule has 9 nitrogen and oxygen atoms in total. The number of nitrogens with two attached hydrogens (primary N) is 1. The minimum absolute atomic E-state index is 0.0469. The number of carbonyl (C=O) groups excluding carboxylic acids is 3. The number of ether oxygens (including phenoxy) is 2. The van der Waals surface area contributed by atoms with Crippen LogP contribution in [-0.4, -0.2) is 41.7 Å². The van der Waals surface area contributed by atoms with Gasteiger partial charge in [0.2, 0.25) is 0 Å². The van der Waals surface area contributed by atoms with Gasteiger partial charge in [-0.15, -0.1) is 0 Å². The number of amides is 1. The molecule has 0 aliphatic rings. The van der Waals surface area contributed by atoms with E-state index in [9.17, 15) is 14.4 Å². The number of nitrogens with one attached hydrogen (secondary N) is 2. The van der Waals surface area contributed by atoms with Gasteiger partial charge in [-0.3, -0.25) is 20.0 Å². The van der Waals surface area contributed by atoms with E-state index in [1.165, 1.54) is 36.5 Å². The molecule has 0 radical (unpaired) electrons. The molecule has 3 rings (SSSR count). The van der Waals surface area contributed by atoms with E-state index < -0.39 is 11.9 Å². The quantitative estimate of drug-likeness (QED) is 0.169. The lowest BCUT2D eigenvalue weighted by molar-refractivity contribution is -0.145. The summed E-state index contributed by atoms with van der Waals surface area (Å²) in [7, 11) is 0. The summed E-state index contributed by atoms with van der Waals surface area (Å²) in [5.41, 5.74) is 7.18. The van der Waals surface area contributed by atoms with Gasteiger partial charge in [0.25, 0.3) is 5.91 Å². The first-order valence-electron chi connectivity index (χ1n) is 10.6. The fourth-order valence-corrected chi connectivity index (χ4v) is 3.18. The third-order valence-corrected chi connectivity index (χ3v) is 5.01. The highest BCUT2D eigenvalue weighted by atomic mass is 35.5. The topological polar surface area (TPSA) is 144 Å². The molecule has 1 aromatic heterocycles. The number of Topliss-reactive ketones (excluding diaryl/α,β-unsaturated/α-hetero) is 1. The summed E-state index contributed by atoms with van der Waals surface area (Å²) < 4.78 is 10.3. The SMILES string of the molecule is CCOC(=O)COc1ccc(NC(=O)c2ccc(C(=N)N)cc2)c(C(=O)Cc2ccc(Cl)cn2)c1. The lowest BCUT2D eigenvalue weighted by Gasteiger charge is -2.13. The van der Waals surface area contributed by atoms with Crippen LogP contribution in [0, 0.1) is 5.41 Å². The fourth-order valence-electron chi connectivity index (χ4n) is 3.06. The van der Waals surface area contributed by atoms with Crippen molar-refractivity contribution in [3.8, 4) is 5.75 Å². The second kappa shape index (κ2) is 11.8. The second-order valence-corrected chi connectivity index (χ2v) is 7.75. The Balaban J connectivity index is 1.85. The Kier molecular flexibility index (Phi) is 8.53. The number of carbonyl (C=O) groups is 3. The number of nitrogen functional groups attached to an aromatic ring is 1. The van der Waals surface area contributed by atoms with Crippen molar-refractivity contribution in [1.29, 1.82) is 5.41 Å².